The van der Waals surface area contributed by atoms with Crippen LogP contribution in [0.4, 0.5) is 0 Å². The molecule has 0 heteroatoms. The monoisotopic (exact) mass is 420 g/mol. The molecular formula is C33H24. The molecule has 0 aromatic heterocycles. The predicted octanol–water partition coefficient (Wildman–Crippen LogP) is 9.43. The molecule has 0 nitrogen and oxygen atoms in total. The van der Waals surface area contributed by atoms with Crippen LogP contribution in [0.2, 0.25) is 0 Å². The molecule has 0 saturated heterocycles. The zero-order valence-corrected chi connectivity index (χ0v) is 18.7. The molecule has 156 valence electrons. The smallest absolute Gasteiger partial charge is 0.00987 e. The second-order valence-electron chi connectivity index (χ2n) is 9.51. The van der Waals surface area contributed by atoms with Crippen molar-refractivity contribution in [3.63, 3.8) is 0 Å². The van der Waals surface area contributed by atoms with Crippen LogP contribution in [0.3, 0.4) is 0 Å². The standard InChI is InChI=1S/C33H24/c1-21-6-8-22(9-7-21)25-10-11-26-20-33-28(18-29(26)17-25)13-15-30-31(33)14-12-27-16-23-4-2-3-5-24(23)19-32(27)30/h2-6,8-21H,7H2,1H3. The van der Waals surface area contributed by atoms with E-state index in [1.807, 2.05) is 0 Å². The summed E-state index contributed by atoms with van der Waals surface area (Å²) in [7, 11) is 0. The summed E-state index contributed by atoms with van der Waals surface area (Å²) in [6.07, 6.45) is 8.09. The highest BCUT2D eigenvalue weighted by Crippen LogP contribution is 2.36. The van der Waals surface area contributed by atoms with Crippen LogP contribution >= 0.6 is 0 Å². The largest absolute Gasteiger partial charge is 0.0808 e. The van der Waals surface area contributed by atoms with Crippen LogP contribution in [0.1, 0.15) is 18.9 Å². The van der Waals surface area contributed by atoms with Crippen molar-refractivity contribution in [3.8, 4) is 0 Å². The molecule has 0 radical (unpaired) electrons. The normalized spacial score (nSPS) is 16.3. The van der Waals surface area contributed by atoms with Crippen molar-refractivity contribution in [2.45, 2.75) is 13.3 Å². The molecular weight excluding hydrogens is 396 g/mol. The number of rotatable bonds is 1. The third-order valence-electron chi connectivity index (χ3n) is 7.30. The van der Waals surface area contributed by atoms with E-state index in [4.69, 9.17) is 0 Å². The van der Waals surface area contributed by atoms with Gasteiger partial charge in [0.15, 0.2) is 0 Å². The van der Waals surface area contributed by atoms with Gasteiger partial charge in [-0.3, -0.25) is 0 Å². The first-order chi connectivity index (χ1) is 16.2. The van der Waals surface area contributed by atoms with Gasteiger partial charge in [-0.05, 0) is 108 Å². The summed E-state index contributed by atoms with van der Waals surface area (Å²) < 4.78 is 0. The molecule has 7 rings (SSSR count). The van der Waals surface area contributed by atoms with Crippen molar-refractivity contribution >= 4 is 59.4 Å². The lowest BCUT2D eigenvalue weighted by molar-refractivity contribution is 0.739. The molecule has 0 saturated carbocycles. The molecule has 0 spiro atoms. The van der Waals surface area contributed by atoms with E-state index in [1.165, 1.54) is 65.0 Å². The zero-order valence-electron chi connectivity index (χ0n) is 18.7. The van der Waals surface area contributed by atoms with Crippen molar-refractivity contribution in [2.75, 3.05) is 0 Å². The number of hydrogen-bond donors (Lipinski definition) is 0. The minimum absolute atomic E-state index is 0.639. The van der Waals surface area contributed by atoms with Gasteiger partial charge in [0.1, 0.15) is 0 Å². The molecule has 1 aliphatic carbocycles. The van der Waals surface area contributed by atoms with E-state index in [0.717, 1.165) is 6.42 Å². The van der Waals surface area contributed by atoms with E-state index < -0.39 is 0 Å². The third-order valence-corrected chi connectivity index (χ3v) is 7.30. The molecule has 0 bridgehead atoms. The Morgan fingerprint density at radius 1 is 0.545 bits per heavy atom. The van der Waals surface area contributed by atoms with Crippen LogP contribution in [0.25, 0.3) is 59.4 Å². The van der Waals surface area contributed by atoms with Gasteiger partial charge >= 0.3 is 0 Å². The van der Waals surface area contributed by atoms with Gasteiger partial charge in [0, 0.05) is 0 Å². The second-order valence-corrected chi connectivity index (χ2v) is 9.51. The Morgan fingerprint density at radius 3 is 1.82 bits per heavy atom. The summed E-state index contributed by atoms with van der Waals surface area (Å²) in [5, 5.41) is 13.1. The van der Waals surface area contributed by atoms with Gasteiger partial charge in [0.05, 0.1) is 0 Å². The molecule has 1 aliphatic rings. The van der Waals surface area contributed by atoms with E-state index in [-0.39, 0.29) is 0 Å². The highest BCUT2D eigenvalue weighted by atomic mass is 14.1. The van der Waals surface area contributed by atoms with Gasteiger partial charge in [-0.1, -0.05) is 85.8 Å². The van der Waals surface area contributed by atoms with Crippen molar-refractivity contribution in [3.05, 3.63) is 115 Å². The Labute approximate surface area is 193 Å². The van der Waals surface area contributed by atoms with Crippen molar-refractivity contribution < 1.29 is 0 Å². The summed E-state index contributed by atoms with van der Waals surface area (Å²) in [6.45, 7) is 2.27. The van der Waals surface area contributed by atoms with Crippen LogP contribution < -0.4 is 0 Å². The lowest BCUT2D eigenvalue weighted by Crippen LogP contribution is -1.94. The minimum atomic E-state index is 0.639. The Bertz CT molecular complexity index is 1800. The summed E-state index contributed by atoms with van der Waals surface area (Å²) in [4.78, 5) is 0. The number of hydrogen-bond acceptors (Lipinski definition) is 0. The topological polar surface area (TPSA) is 0 Å². The highest BCUT2D eigenvalue weighted by molar-refractivity contribution is 6.20. The SMILES string of the molecule is CC1C=CC(c2ccc3cc4c(ccc5c6cc7ccccc7cc6ccc45)cc3c2)=CC1. The Hall–Kier alpha value is -3.90. The fraction of sp³-hybridized carbons (Fsp3) is 0.0909. The van der Waals surface area contributed by atoms with Crippen molar-refractivity contribution in [1.29, 1.82) is 0 Å². The van der Waals surface area contributed by atoms with E-state index in [2.05, 4.69) is 116 Å². The molecule has 1 unspecified atom stereocenters. The minimum Gasteiger partial charge on any atom is -0.0808 e. The molecule has 0 heterocycles. The average Bonchev–Trinajstić information content (AvgIpc) is 2.86. The molecule has 6 aromatic carbocycles. The lowest BCUT2D eigenvalue weighted by atomic mass is 9.91. The van der Waals surface area contributed by atoms with Gasteiger partial charge in [-0.2, -0.15) is 0 Å². The molecule has 33 heavy (non-hydrogen) atoms. The molecule has 0 fully saturated rings. The van der Waals surface area contributed by atoms with E-state index in [9.17, 15) is 0 Å². The molecule has 0 aliphatic heterocycles. The maximum atomic E-state index is 2.37. The Morgan fingerprint density at radius 2 is 1.15 bits per heavy atom. The van der Waals surface area contributed by atoms with Gasteiger partial charge in [-0.25, -0.2) is 0 Å². The second kappa shape index (κ2) is 7.05. The van der Waals surface area contributed by atoms with Gasteiger partial charge in [0.2, 0.25) is 0 Å². The van der Waals surface area contributed by atoms with Crippen molar-refractivity contribution in [1.82, 2.24) is 0 Å². The summed E-state index contributed by atoms with van der Waals surface area (Å²) in [5.74, 6) is 0.639. The van der Waals surface area contributed by atoms with Crippen LogP contribution in [0.5, 0.6) is 0 Å². The third kappa shape index (κ3) is 2.98. The quantitative estimate of drug-likeness (QED) is 0.183. The predicted molar refractivity (Wildman–Crippen MR) is 145 cm³/mol. The van der Waals surface area contributed by atoms with Crippen LogP contribution in [0, 0.1) is 5.92 Å². The van der Waals surface area contributed by atoms with Gasteiger partial charge < -0.3 is 0 Å². The first kappa shape index (κ1) is 18.7. The fourth-order valence-corrected chi connectivity index (χ4v) is 5.43. The Balaban J connectivity index is 1.45. The van der Waals surface area contributed by atoms with Crippen LogP contribution in [0.15, 0.2) is 109 Å². The molecule has 1 atom stereocenters. The van der Waals surface area contributed by atoms with Gasteiger partial charge in [0.25, 0.3) is 0 Å². The molecule has 0 amide bonds. The number of benzene rings is 6. The van der Waals surface area contributed by atoms with E-state index in [1.54, 1.807) is 0 Å². The number of allylic oxidation sites excluding steroid dienone is 4. The van der Waals surface area contributed by atoms with Gasteiger partial charge in [-0.15, -0.1) is 0 Å². The molecule has 0 N–H and O–H groups in total. The number of fused-ring (bicyclic) bond motifs is 7. The maximum Gasteiger partial charge on any atom is -0.00987 e. The molecule has 6 aromatic rings. The summed E-state index contributed by atoms with van der Waals surface area (Å²) >= 11 is 0. The summed E-state index contributed by atoms with van der Waals surface area (Å²) in [5.41, 5.74) is 2.65. The Kier molecular flexibility index (Phi) is 3.98. The maximum absolute atomic E-state index is 2.37. The van der Waals surface area contributed by atoms with E-state index in [0.29, 0.717) is 5.92 Å². The first-order valence-electron chi connectivity index (χ1n) is 11.8. The van der Waals surface area contributed by atoms with Crippen molar-refractivity contribution in [2.24, 2.45) is 5.92 Å². The highest BCUT2D eigenvalue weighted by Gasteiger charge is 2.10. The van der Waals surface area contributed by atoms with E-state index >= 15 is 0 Å². The first-order valence-corrected chi connectivity index (χ1v) is 11.8. The van der Waals surface area contributed by atoms with Crippen LogP contribution in [-0.2, 0) is 0 Å². The zero-order chi connectivity index (χ0) is 21.9. The fourth-order valence-electron chi connectivity index (χ4n) is 5.43. The van der Waals surface area contributed by atoms with Crippen LogP contribution in [-0.4, -0.2) is 0 Å². The lowest BCUT2D eigenvalue weighted by Gasteiger charge is -2.13. The summed E-state index contributed by atoms with van der Waals surface area (Å²) in [6, 6.07) is 34.1. The average molecular weight is 421 g/mol.